The van der Waals surface area contributed by atoms with E-state index in [4.69, 9.17) is 0 Å². The van der Waals surface area contributed by atoms with E-state index in [0.29, 0.717) is 5.92 Å². The van der Waals surface area contributed by atoms with Crippen LogP contribution in [-0.2, 0) is 6.54 Å². The number of allylic oxidation sites excluding steroid dienone is 1. The van der Waals surface area contributed by atoms with Crippen LogP contribution in [0.25, 0.3) is 6.08 Å². The van der Waals surface area contributed by atoms with Gasteiger partial charge in [-0.3, -0.25) is 0 Å². The molecule has 0 saturated carbocycles. The zero-order valence-electron chi connectivity index (χ0n) is 11.0. The number of fused-ring (bicyclic) bond motifs is 1. The molecule has 0 spiro atoms. The third-order valence-corrected chi connectivity index (χ3v) is 3.72. The van der Waals surface area contributed by atoms with Gasteiger partial charge in [0.1, 0.15) is 0 Å². The standard InChI is InChI=1S/C18H19N/c1-2-7-15(8-3-1)13-19-14-17-11-6-10-16-9-4-5-12-18(16)17/h1-10,12,17,19H,11,13-14H2. The van der Waals surface area contributed by atoms with Gasteiger partial charge in [-0.1, -0.05) is 66.7 Å². The van der Waals surface area contributed by atoms with Crippen molar-refractivity contribution in [3.05, 3.63) is 77.4 Å². The molecule has 0 fully saturated rings. The van der Waals surface area contributed by atoms with Crippen molar-refractivity contribution in [2.24, 2.45) is 0 Å². The number of hydrogen-bond donors (Lipinski definition) is 1. The van der Waals surface area contributed by atoms with Crippen molar-refractivity contribution >= 4 is 6.08 Å². The summed E-state index contributed by atoms with van der Waals surface area (Å²) in [6.07, 6.45) is 5.67. The van der Waals surface area contributed by atoms with Gasteiger partial charge in [-0.2, -0.15) is 0 Å². The first kappa shape index (κ1) is 12.2. The summed E-state index contributed by atoms with van der Waals surface area (Å²) < 4.78 is 0. The molecule has 0 bridgehead atoms. The molecule has 1 nitrogen and oxygen atoms in total. The van der Waals surface area contributed by atoms with Crippen molar-refractivity contribution in [3.63, 3.8) is 0 Å². The first-order chi connectivity index (χ1) is 9.43. The molecule has 1 aliphatic carbocycles. The van der Waals surface area contributed by atoms with Gasteiger partial charge in [0.2, 0.25) is 0 Å². The number of hydrogen-bond acceptors (Lipinski definition) is 1. The third-order valence-electron chi connectivity index (χ3n) is 3.72. The minimum absolute atomic E-state index is 0.602. The van der Waals surface area contributed by atoms with Crippen LogP contribution in [0.5, 0.6) is 0 Å². The molecule has 0 aromatic heterocycles. The molecule has 1 heteroatoms. The Balaban J connectivity index is 1.61. The van der Waals surface area contributed by atoms with Crippen LogP contribution in [0.1, 0.15) is 29.0 Å². The summed E-state index contributed by atoms with van der Waals surface area (Å²) in [7, 11) is 0. The molecule has 3 rings (SSSR count). The summed E-state index contributed by atoms with van der Waals surface area (Å²) in [5.74, 6) is 0.602. The second-order valence-electron chi connectivity index (χ2n) is 5.08. The highest BCUT2D eigenvalue weighted by atomic mass is 14.9. The zero-order chi connectivity index (χ0) is 12.9. The lowest BCUT2D eigenvalue weighted by Gasteiger charge is -2.22. The Bertz CT molecular complexity index is 557. The summed E-state index contributed by atoms with van der Waals surface area (Å²) in [4.78, 5) is 0. The van der Waals surface area contributed by atoms with Crippen LogP contribution in [0.2, 0.25) is 0 Å². The lowest BCUT2D eigenvalue weighted by molar-refractivity contribution is 0.583. The van der Waals surface area contributed by atoms with Crippen LogP contribution in [0, 0.1) is 0 Å². The van der Waals surface area contributed by atoms with Crippen molar-refractivity contribution in [2.45, 2.75) is 18.9 Å². The molecular formula is C18H19N. The van der Waals surface area contributed by atoms with Gasteiger partial charge in [-0.05, 0) is 23.1 Å². The van der Waals surface area contributed by atoms with Gasteiger partial charge in [0.25, 0.3) is 0 Å². The molecule has 2 aromatic carbocycles. The smallest absolute Gasteiger partial charge is 0.0205 e. The van der Waals surface area contributed by atoms with Gasteiger partial charge in [0.15, 0.2) is 0 Å². The minimum atomic E-state index is 0.602. The Hall–Kier alpha value is -1.86. The summed E-state index contributed by atoms with van der Waals surface area (Å²) in [5, 5.41) is 3.58. The fourth-order valence-corrected chi connectivity index (χ4v) is 2.70. The van der Waals surface area contributed by atoms with Crippen molar-refractivity contribution in [1.82, 2.24) is 5.32 Å². The minimum Gasteiger partial charge on any atom is -0.312 e. The fourth-order valence-electron chi connectivity index (χ4n) is 2.70. The average molecular weight is 249 g/mol. The first-order valence-corrected chi connectivity index (χ1v) is 6.93. The predicted molar refractivity (Wildman–Crippen MR) is 81.0 cm³/mol. The normalized spacial score (nSPS) is 17.2. The first-order valence-electron chi connectivity index (χ1n) is 6.93. The van der Waals surface area contributed by atoms with E-state index >= 15 is 0 Å². The maximum atomic E-state index is 3.58. The Morgan fingerprint density at radius 2 is 1.74 bits per heavy atom. The SMILES string of the molecule is C1=Cc2ccccc2C(CNCc2ccccc2)C1. The molecule has 1 atom stereocenters. The number of nitrogens with one attached hydrogen (secondary N) is 1. The molecule has 0 radical (unpaired) electrons. The maximum absolute atomic E-state index is 3.58. The van der Waals surface area contributed by atoms with E-state index in [1.54, 1.807) is 0 Å². The van der Waals surface area contributed by atoms with Crippen molar-refractivity contribution in [2.75, 3.05) is 6.54 Å². The van der Waals surface area contributed by atoms with E-state index in [-0.39, 0.29) is 0 Å². The van der Waals surface area contributed by atoms with Gasteiger partial charge >= 0.3 is 0 Å². The monoisotopic (exact) mass is 249 g/mol. The predicted octanol–water partition coefficient (Wildman–Crippen LogP) is 3.98. The number of benzene rings is 2. The fraction of sp³-hybridized carbons (Fsp3) is 0.222. The van der Waals surface area contributed by atoms with Crippen LogP contribution in [0.15, 0.2) is 60.7 Å². The summed E-state index contributed by atoms with van der Waals surface area (Å²) in [6.45, 7) is 1.99. The second-order valence-corrected chi connectivity index (χ2v) is 5.08. The van der Waals surface area contributed by atoms with Crippen LogP contribution >= 0.6 is 0 Å². The van der Waals surface area contributed by atoms with Crippen LogP contribution in [0.3, 0.4) is 0 Å². The van der Waals surface area contributed by atoms with Crippen LogP contribution in [-0.4, -0.2) is 6.54 Å². The molecule has 96 valence electrons. The molecule has 19 heavy (non-hydrogen) atoms. The van der Waals surface area contributed by atoms with E-state index in [1.165, 1.54) is 16.7 Å². The average Bonchev–Trinajstić information content (AvgIpc) is 2.49. The lowest BCUT2D eigenvalue weighted by atomic mass is 9.87. The van der Waals surface area contributed by atoms with E-state index in [0.717, 1.165) is 19.5 Å². The molecular weight excluding hydrogens is 230 g/mol. The van der Waals surface area contributed by atoms with E-state index in [1.807, 2.05) is 0 Å². The highest BCUT2D eigenvalue weighted by Gasteiger charge is 2.15. The van der Waals surface area contributed by atoms with Crippen molar-refractivity contribution in [1.29, 1.82) is 0 Å². The summed E-state index contributed by atoms with van der Waals surface area (Å²) >= 11 is 0. The molecule has 0 saturated heterocycles. The van der Waals surface area contributed by atoms with Crippen molar-refractivity contribution < 1.29 is 0 Å². The Morgan fingerprint density at radius 1 is 0.947 bits per heavy atom. The molecule has 2 aromatic rings. The van der Waals surface area contributed by atoms with Crippen molar-refractivity contribution in [3.8, 4) is 0 Å². The summed E-state index contributed by atoms with van der Waals surface area (Å²) in [5.41, 5.74) is 4.20. The van der Waals surface area contributed by atoms with Crippen LogP contribution < -0.4 is 5.32 Å². The zero-order valence-corrected chi connectivity index (χ0v) is 11.0. The molecule has 0 aliphatic heterocycles. The maximum Gasteiger partial charge on any atom is 0.0205 e. The molecule has 0 amide bonds. The second kappa shape index (κ2) is 5.85. The Kier molecular flexibility index (Phi) is 3.75. The van der Waals surface area contributed by atoms with E-state index in [9.17, 15) is 0 Å². The van der Waals surface area contributed by atoms with Gasteiger partial charge < -0.3 is 5.32 Å². The lowest BCUT2D eigenvalue weighted by Crippen LogP contribution is -2.22. The molecule has 1 unspecified atom stereocenters. The Labute approximate surface area is 115 Å². The molecule has 1 aliphatic rings. The van der Waals surface area contributed by atoms with Crippen LogP contribution in [0.4, 0.5) is 0 Å². The number of rotatable bonds is 4. The topological polar surface area (TPSA) is 12.0 Å². The Morgan fingerprint density at radius 3 is 2.63 bits per heavy atom. The largest absolute Gasteiger partial charge is 0.312 e. The van der Waals surface area contributed by atoms with E-state index in [2.05, 4.69) is 72.1 Å². The molecule has 0 heterocycles. The van der Waals surface area contributed by atoms with Gasteiger partial charge in [0.05, 0.1) is 0 Å². The van der Waals surface area contributed by atoms with Gasteiger partial charge in [-0.25, -0.2) is 0 Å². The third kappa shape index (κ3) is 2.94. The van der Waals surface area contributed by atoms with Gasteiger partial charge in [-0.15, -0.1) is 0 Å². The highest BCUT2D eigenvalue weighted by Crippen LogP contribution is 2.28. The van der Waals surface area contributed by atoms with Gasteiger partial charge in [0, 0.05) is 19.0 Å². The quantitative estimate of drug-likeness (QED) is 0.864. The molecule has 1 N–H and O–H groups in total. The highest BCUT2D eigenvalue weighted by molar-refractivity contribution is 5.57. The summed E-state index contributed by atoms with van der Waals surface area (Å²) in [6, 6.07) is 19.3. The van der Waals surface area contributed by atoms with E-state index < -0.39 is 0 Å².